The van der Waals surface area contributed by atoms with E-state index in [4.69, 9.17) is 5.11 Å². The van der Waals surface area contributed by atoms with E-state index in [0.29, 0.717) is 6.54 Å². The third-order valence-corrected chi connectivity index (χ3v) is 2.00. The van der Waals surface area contributed by atoms with Crippen molar-refractivity contribution < 1.29 is 5.11 Å². The molecule has 0 aliphatic carbocycles. The highest BCUT2D eigenvalue weighted by atomic mass is 32.1. The van der Waals surface area contributed by atoms with E-state index in [1.807, 2.05) is 11.9 Å². The Kier molecular flexibility index (Phi) is 7.13. The SMILES string of the molecule is CCCN(C)CCN(C)CC(O)=S. The van der Waals surface area contributed by atoms with Crippen LogP contribution in [0.2, 0.25) is 0 Å². The summed E-state index contributed by atoms with van der Waals surface area (Å²) in [6.07, 6.45) is 1.18. The summed E-state index contributed by atoms with van der Waals surface area (Å²) in [6, 6.07) is 0. The zero-order valence-corrected chi connectivity index (χ0v) is 9.60. The highest BCUT2D eigenvalue weighted by Gasteiger charge is 2.02. The number of nitrogens with zero attached hydrogens (tertiary/aromatic N) is 2. The second-order valence-corrected chi connectivity index (χ2v) is 3.91. The first-order valence-electron chi connectivity index (χ1n) is 4.65. The van der Waals surface area contributed by atoms with E-state index in [1.165, 1.54) is 6.42 Å². The van der Waals surface area contributed by atoms with E-state index < -0.39 is 0 Å². The molecule has 0 fully saturated rings. The maximum absolute atomic E-state index is 8.87. The zero-order valence-electron chi connectivity index (χ0n) is 8.79. The van der Waals surface area contributed by atoms with Gasteiger partial charge in [-0.15, -0.1) is 0 Å². The van der Waals surface area contributed by atoms with Crippen LogP contribution < -0.4 is 0 Å². The molecule has 78 valence electrons. The lowest BCUT2D eigenvalue weighted by Gasteiger charge is -2.20. The maximum atomic E-state index is 8.87. The van der Waals surface area contributed by atoms with Gasteiger partial charge in [0.1, 0.15) is 0 Å². The number of aliphatic hydroxyl groups excluding tert-OH is 1. The minimum Gasteiger partial charge on any atom is -0.501 e. The van der Waals surface area contributed by atoms with Crippen molar-refractivity contribution in [1.29, 1.82) is 0 Å². The third-order valence-electron chi connectivity index (χ3n) is 1.87. The molecule has 0 saturated heterocycles. The zero-order chi connectivity index (χ0) is 10.3. The smallest absolute Gasteiger partial charge is 0.170 e. The molecule has 0 aromatic heterocycles. The summed E-state index contributed by atoms with van der Waals surface area (Å²) in [5.74, 6) is 0. The molecule has 0 spiro atoms. The lowest BCUT2D eigenvalue weighted by Crippen LogP contribution is -2.33. The normalized spacial score (nSPS) is 11.2. The van der Waals surface area contributed by atoms with Gasteiger partial charge in [0.05, 0.1) is 6.54 Å². The summed E-state index contributed by atoms with van der Waals surface area (Å²) in [5, 5.41) is 8.94. The molecule has 0 saturated carbocycles. The van der Waals surface area contributed by atoms with Crippen molar-refractivity contribution >= 4 is 17.3 Å². The van der Waals surface area contributed by atoms with Gasteiger partial charge in [-0.25, -0.2) is 0 Å². The number of thiocarbonyl (C=S) groups is 1. The molecular formula is C9H20N2OS. The van der Waals surface area contributed by atoms with Gasteiger partial charge >= 0.3 is 0 Å². The second-order valence-electron chi connectivity index (χ2n) is 3.43. The summed E-state index contributed by atoms with van der Waals surface area (Å²) in [5.41, 5.74) is 0. The molecular weight excluding hydrogens is 184 g/mol. The fourth-order valence-corrected chi connectivity index (χ4v) is 1.37. The van der Waals surface area contributed by atoms with E-state index in [1.54, 1.807) is 0 Å². The lowest BCUT2D eigenvalue weighted by atomic mass is 10.4. The maximum Gasteiger partial charge on any atom is 0.170 e. The molecule has 0 aromatic carbocycles. The van der Waals surface area contributed by atoms with Crippen LogP contribution in [-0.2, 0) is 0 Å². The van der Waals surface area contributed by atoms with Crippen molar-refractivity contribution in [1.82, 2.24) is 9.80 Å². The van der Waals surface area contributed by atoms with Crippen molar-refractivity contribution in [2.45, 2.75) is 13.3 Å². The Morgan fingerprint density at radius 3 is 2.15 bits per heavy atom. The van der Waals surface area contributed by atoms with Crippen molar-refractivity contribution in [2.24, 2.45) is 0 Å². The van der Waals surface area contributed by atoms with Gasteiger partial charge in [0.25, 0.3) is 0 Å². The first-order chi connectivity index (χ1) is 6.06. The number of likely N-dealkylation sites (N-methyl/N-ethyl adjacent to an activating group) is 2. The topological polar surface area (TPSA) is 26.7 Å². The standard InChI is InChI=1S/C9H20N2OS/c1-4-5-10(2)6-7-11(3)8-9(12)13/h4-8H2,1-3H3,(H,12,13). The summed E-state index contributed by atoms with van der Waals surface area (Å²) in [4.78, 5) is 4.30. The molecule has 1 N–H and O–H groups in total. The minimum atomic E-state index is 0.0700. The van der Waals surface area contributed by atoms with E-state index in [0.717, 1.165) is 19.6 Å². The first-order valence-corrected chi connectivity index (χ1v) is 5.06. The van der Waals surface area contributed by atoms with Crippen LogP contribution in [-0.4, -0.2) is 60.2 Å². The van der Waals surface area contributed by atoms with Gasteiger partial charge in [-0.2, -0.15) is 0 Å². The van der Waals surface area contributed by atoms with Gasteiger partial charge in [0.2, 0.25) is 0 Å². The highest BCUT2D eigenvalue weighted by molar-refractivity contribution is 7.80. The van der Waals surface area contributed by atoms with Crippen LogP contribution in [0.15, 0.2) is 0 Å². The Labute approximate surface area is 86.3 Å². The molecule has 0 unspecified atom stereocenters. The van der Waals surface area contributed by atoms with Gasteiger partial charge in [-0.1, -0.05) is 6.92 Å². The van der Waals surface area contributed by atoms with Gasteiger partial charge in [-0.05, 0) is 39.3 Å². The van der Waals surface area contributed by atoms with Gasteiger partial charge < -0.3 is 10.0 Å². The van der Waals surface area contributed by atoms with Crippen molar-refractivity contribution in [3.05, 3.63) is 0 Å². The Hall–Kier alpha value is -0.190. The molecule has 0 aliphatic heterocycles. The fraction of sp³-hybridized carbons (Fsp3) is 0.889. The predicted molar refractivity (Wildman–Crippen MR) is 60.5 cm³/mol. The molecule has 0 amide bonds. The van der Waals surface area contributed by atoms with Crippen molar-refractivity contribution in [3.8, 4) is 0 Å². The number of hydrogen-bond donors (Lipinski definition) is 1. The summed E-state index contributed by atoms with van der Waals surface area (Å²) < 4.78 is 0. The monoisotopic (exact) mass is 204 g/mol. The molecule has 4 heteroatoms. The molecule has 13 heavy (non-hydrogen) atoms. The largest absolute Gasteiger partial charge is 0.501 e. The minimum absolute atomic E-state index is 0.0700. The van der Waals surface area contributed by atoms with E-state index in [2.05, 4.69) is 31.1 Å². The number of hydrogen-bond acceptors (Lipinski definition) is 3. The average molecular weight is 204 g/mol. The van der Waals surface area contributed by atoms with Gasteiger partial charge in [0.15, 0.2) is 5.05 Å². The molecule has 3 nitrogen and oxygen atoms in total. The van der Waals surface area contributed by atoms with Gasteiger partial charge in [-0.3, -0.25) is 4.90 Å². The molecule has 0 bridgehead atoms. The molecule has 0 atom stereocenters. The van der Waals surface area contributed by atoms with E-state index in [-0.39, 0.29) is 5.05 Å². The van der Waals surface area contributed by atoms with Crippen molar-refractivity contribution in [3.63, 3.8) is 0 Å². The Morgan fingerprint density at radius 2 is 1.69 bits per heavy atom. The van der Waals surface area contributed by atoms with Crippen LogP contribution in [0, 0.1) is 0 Å². The van der Waals surface area contributed by atoms with Crippen LogP contribution in [0.1, 0.15) is 13.3 Å². The summed E-state index contributed by atoms with van der Waals surface area (Å²) in [6.45, 7) is 5.75. The van der Waals surface area contributed by atoms with Crippen LogP contribution in [0.3, 0.4) is 0 Å². The van der Waals surface area contributed by atoms with Crippen LogP contribution in [0.5, 0.6) is 0 Å². The molecule has 0 aliphatic rings. The number of aliphatic hydroxyl groups is 1. The summed E-state index contributed by atoms with van der Waals surface area (Å²) in [7, 11) is 4.07. The lowest BCUT2D eigenvalue weighted by molar-refractivity contribution is 0.269. The van der Waals surface area contributed by atoms with E-state index in [9.17, 15) is 0 Å². The van der Waals surface area contributed by atoms with E-state index >= 15 is 0 Å². The van der Waals surface area contributed by atoms with Gasteiger partial charge in [0, 0.05) is 13.1 Å². The number of rotatable bonds is 7. The Morgan fingerprint density at radius 1 is 1.15 bits per heavy atom. The average Bonchev–Trinajstić information content (AvgIpc) is 2.00. The Bertz CT molecular complexity index is 153. The Balaban J connectivity index is 3.45. The van der Waals surface area contributed by atoms with Crippen LogP contribution >= 0.6 is 12.2 Å². The quantitative estimate of drug-likeness (QED) is 0.629. The molecule has 0 aromatic rings. The summed E-state index contributed by atoms with van der Waals surface area (Å²) >= 11 is 4.60. The van der Waals surface area contributed by atoms with Crippen molar-refractivity contribution in [2.75, 3.05) is 40.3 Å². The fourth-order valence-electron chi connectivity index (χ4n) is 1.14. The predicted octanol–water partition coefficient (Wildman–Crippen LogP) is 1.15. The molecule has 0 radical (unpaired) electrons. The third kappa shape index (κ3) is 8.15. The van der Waals surface area contributed by atoms with Crippen LogP contribution in [0.4, 0.5) is 0 Å². The molecule has 0 heterocycles. The highest BCUT2D eigenvalue weighted by Crippen LogP contribution is 1.89. The molecule has 0 rings (SSSR count). The second kappa shape index (κ2) is 7.24. The van der Waals surface area contributed by atoms with Crippen LogP contribution in [0.25, 0.3) is 0 Å². The first kappa shape index (κ1) is 12.8.